The Labute approximate surface area is 104 Å². The van der Waals surface area contributed by atoms with Gasteiger partial charge in [0.25, 0.3) is 11.8 Å². The van der Waals surface area contributed by atoms with Gasteiger partial charge in [-0.3, -0.25) is 14.5 Å². The summed E-state index contributed by atoms with van der Waals surface area (Å²) in [6, 6.07) is -1.06. The van der Waals surface area contributed by atoms with E-state index in [2.05, 4.69) is 0 Å². The first-order valence-electron chi connectivity index (χ1n) is 5.19. The van der Waals surface area contributed by atoms with Crippen molar-refractivity contribution in [1.29, 1.82) is 0 Å². The fourth-order valence-corrected chi connectivity index (χ4v) is 2.11. The predicted molar refractivity (Wildman–Crippen MR) is 64.6 cm³/mol. The number of hydrogen-bond donors (Lipinski definition) is 1. The van der Waals surface area contributed by atoms with Crippen LogP contribution in [-0.4, -0.2) is 45.8 Å². The van der Waals surface area contributed by atoms with E-state index in [1.807, 2.05) is 6.26 Å². The molecule has 1 aliphatic rings. The summed E-state index contributed by atoms with van der Waals surface area (Å²) >= 11 is 1.48. The third-order valence-electron chi connectivity index (χ3n) is 2.83. The molecule has 0 aromatic heterocycles. The Bertz CT molecular complexity index is 378. The van der Waals surface area contributed by atoms with Crippen molar-refractivity contribution in [3.63, 3.8) is 0 Å². The van der Waals surface area contributed by atoms with Gasteiger partial charge in [0.15, 0.2) is 0 Å². The van der Waals surface area contributed by atoms with Crippen molar-refractivity contribution in [3.05, 3.63) is 11.1 Å². The maximum Gasteiger partial charge on any atom is 0.326 e. The monoisotopic (exact) mass is 257 g/mol. The molecule has 0 aromatic rings. The summed E-state index contributed by atoms with van der Waals surface area (Å²) in [7, 11) is 0. The van der Waals surface area contributed by atoms with Crippen molar-refractivity contribution < 1.29 is 19.5 Å². The van der Waals surface area contributed by atoms with Crippen molar-refractivity contribution in [1.82, 2.24) is 4.90 Å². The van der Waals surface area contributed by atoms with E-state index in [0.717, 1.165) is 4.90 Å². The normalized spacial score (nSPS) is 17.9. The number of carbonyl (C=O) groups is 3. The summed E-state index contributed by atoms with van der Waals surface area (Å²) in [5.41, 5.74) is 0.677. The molecule has 0 saturated carbocycles. The first kappa shape index (κ1) is 13.8. The molecule has 0 radical (unpaired) electrons. The zero-order valence-electron chi connectivity index (χ0n) is 10.0. The first-order chi connectivity index (χ1) is 7.91. The topological polar surface area (TPSA) is 74.7 Å². The van der Waals surface area contributed by atoms with E-state index >= 15 is 0 Å². The van der Waals surface area contributed by atoms with E-state index in [1.54, 1.807) is 13.8 Å². The number of imide groups is 1. The molecule has 0 aromatic carbocycles. The molecule has 94 valence electrons. The van der Waals surface area contributed by atoms with Crippen LogP contribution < -0.4 is 0 Å². The van der Waals surface area contributed by atoms with Crippen LogP contribution in [0.25, 0.3) is 0 Å². The molecular weight excluding hydrogens is 242 g/mol. The smallest absolute Gasteiger partial charge is 0.326 e. The van der Waals surface area contributed by atoms with Crippen molar-refractivity contribution >= 4 is 29.5 Å². The Balaban J connectivity index is 2.95. The minimum absolute atomic E-state index is 0.272. The van der Waals surface area contributed by atoms with Gasteiger partial charge in [0.05, 0.1) is 0 Å². The van der Waals surface area contributed by atoms with Crippen LogP contribution >= 0.6 is 11.8 Å². The van der Waals surface area contributed by atoms with Gasteiger partial charge in [0.1, 0.15) is 6.04 Å². The van der Waals surface area contributed by atoms with Gasteiger partial charge >= 0.3 is 5.97 Å². The van der Waals surface area contributed by atoms with Gasteiger partial charge in [0.2, 0.25) is 0 Å². The van der Waals surface area contributed by atoms with Gasteiger partial charge in [0, 0.05) is 11.1 Å². The predicted octanol–water partition coefficient (Wildman–Crippen LogP) is 0.898. The maximum absolute atomic E-state index is 11.8. The Morgan fingerprint density at radius 2 is 1.76 bits per heavy atom. The van der Waals surface area contributed by atoms with Gasteiger partial charge < -0.3 is 5.11 Å². The highest BCUT2D eigenvalue weighted by Crippen LogP contribution is 2.24. The number of carbonyl (C=O) groups excluding carboxylic acids is 2. The van der Waals surface area contributed by atoms with Crippen molar-refractivity contribution in [3.8, 4) is 0 Å². The minimum atomic E-state index is -1.14. The SMILES string of the molecule is CSCCC(C(=O)O)N1C(=O)C(C)=C(C)C1=O. The molecule has 0 spiro atoms. The number of hydrogen-bond acceptors (Lipinski definition) is 4. The van der Waals surface area contributed by atoms with Crippen molar-refractivity contribution in [2.45, 2.75) is 26.3 Å². The average molecular weight is 257 g/mol. The third kappa shape index (κ3) is 2.52. The molecule has 1 unspecified atom stereocenters. The lowest BCUT2D eigenvalue weighted by Crippen LogP contribution is -2.46. The molecule has 5 nitrogen and oxygen atoms in total. The first-order valence-corrected chi connectivity index (χ1v) is 6.58. The number of rotatable bonds is 5. The standard InChI is InChI=1S/C11H15NO4S/c1-6-7(2)10(14)12(9(6)13)8(11(15)16)4-5-17-3/h8H,4-5H2,1-3H3,(H,15,16). The summed E-state index contributed by atoms with van der Waals surface area (Å²) in [5, 5.41) is 9.09. The zero-order valence-corrected chi connectivity index (χ0v) is 10.8. The van der Waals surface area contributed by atoms with E-state index in [0.29, 0.717) is 16.9 Å². The molecule has 1 N–H and O–H groups in total. The Morgan fingerprint density at radius 3 is 2.12 bits per heavy atom. The average Bonchev–Trinajstić information content (AvgIpc) is 2.46. The number of carboxylic acid groups (broad SMARTS) is 1. The van der Waals surface area contributed by atoms with E-state index < -0.39 is 23.8 Å². The molecule has 0 bridgehead atoms. The lowest BCUT2D eigenvalue weighted by molar-refractivity contribution is -0.153. The van der Waals surface area contributed by atoms with E-state index in [9.17, 15) is 14.4 Å². The molecule has 0 aliphatic carbocycles. The molecule has 1 heterocycles. The molecule has 2 amide bonds. The summed E-state index contributed by atoms with van der Waals surface area (Å²) in [6.45, 7) is 3.09. The van der Waals surface area contributed by atoms with Gasteiger partial charge in [-0.1, -0.05) is 0 Å². The van der Waals surface area contributed by atoms with Crippen LogP contribution in [0.1, 0.15) is 20.3 Å². The van der Waals surface area contributed by atoms with Gasteiger partial charge in [-0.25, -0.2) is 4.79 Å². The fourth-order valence-electron chi connectivity index (χ4n) is 1.65. The summed E-state index contributed by atoms with van der Waals surface area (Å²) in [4.78, 5) is 35.6. The van der Waals surface area contributed by atoms with Crippen LogP contribution in [-0.2, 0) is 14.4 Å². The van der Waals surface area contributed by atoms with Crippen LogP contribution in [0.15, 0.2) is 11.1 Å². The number of thioether (sulfide) groups is 1. The van der Waals surface area contributed by atoms with Crippen LogP contribution in [0, 0.1) is 0 Å². The van der Waals surface area contributed by atoms with Crippen molar-refractivity contribution in [2.75, 3.05) is 12.0 Å². The van der Waals surface area contributed by atoms with Gasteiger partial charge in [-0.05, 0) is 32.3 Å². The maximum atomic E-state index is 11.8. The highest BCUT2D eigenvalue weighted by Gasteiger charge is 2.41. The summed E-state index contributed by atoms with van der Waals surface area (Å²) in [6.07, 6.45) is 2.12. The van der Waals surface area contributed by atoms with Crippen LogP contribution in [0.3, 0.4) is 0 Å². The molecule has 1 atom stereocenters. The van der Waals surface area contributed by atoms with Crippen molar-refractivity contribution in [2.24, 2.45) is 0 Å². The van der Waals surface area contributed by atoms with Crippen LogP contribution in [0.4, 0.5) is 0 Å². The quantitative estimate of drug-likeness (QED) is 0.741. The van der Waals surface area contributed by atoms with E-state index in [1.165, 1.54) is 11.8 Å². The van der Waals surface area contributed by atoms with Crippen LogP contribution in [0.5, 0.6) is 0 Å². The number of amides is 2. The summed E-state index contributed by atoms with van der Waals surface area (Å²) in [5.74, 6) is -1.52. The Hall–Kier alpha value is -1.30. The van der Waals surface area contributed by atoms with E-state index in [-0.39, 0.29) is 6.42 Å². The van der Waals surface area contributed by atoms with Gasteiger partial charge in [-0.15, -0.1) is 0 Å². The largest absolute Gasteiger partial charge is 0.480 e. The Morgan fingerprint density at radius 1 is 1.29 bits per heavy atom. The number of aliphatic carboxylic acids is 1. The minimum Gasteiger partial charge on any atom is -0.480 e. The van der Waals surface area contributed by atoms with E-state index in [4.69, 9.17) is 5.11 Å². The lowest BCUT2D eigenvalue weighted by Gasteiger charge is -2.22. The molecule has 0 fully saturated rings. The van der Waals surface area contributed by atoms with Gasteiger partial charge in [-0.2, -0.15) is 11.8 Å². The molecule has 1 aliphatic heterocycles. The fraction of sp³-hybridized carbons (Fsp3) is 0.545. The molecule has 17 heavy (non-hydrogen) atoms. The molecule has 0 saturated heterocycles. The second-order valence-electron chi connectivity index (χ2n) is 3.87. The highest BCUT2D eigenvalue weighted by molar-refractivity contribution is 7.98. The number of nitrogens with zero attached hydrogens (tertiary/aromatic N) is 1. The molecule has 1 rings (SSSR count). The number of carboxylic acids is 1. The molecule has 6 heteroatoms. The second kappa shape index (κ2) is 5.35. The second-order valence-corrected chi connectivity index (χ2v) is 4.85. The highest BCUT2D eigenvalue weighted by atomic mass is 32.2. The summed E-state index contributed by atoms with van der Waals surface area (Å²) < 4.78 is 0. The third-order valence-corrected chi connectivity index (χ3v) is 3.48. The zero-order chi connectivity index (χ0) is 13.2. The Kier molecular flexibility index (Phi) is 4.34. The molecular formula is C11H15NO4S. The van der Waals surface area contributed by atoms with Crippen LogP contribution in [0.2, 0.25) is 0 Å². The lowest BCUT2D eigenvalue weighted by atomic mass is 10.2.